The molecule has 0 saturated heterocycles. The molecule has 3 aromatic rings. The first-order valence-corrected chi connectivity index (χ1v) is 13.6. The number of carbonyl (C=O) groups is 2. The highest BCUT2D eigenvalue weighted by Gasteiger charge is 2.31. The van der Waals surface area contributed by atoms with Crippen LogP contribution < -0.4 is 11.1 Å². The van der Waals surface area contributed by atoms with E-state index in [4.69, 9.17) is 5.73 Å². The largest absolute Gasteiger partial charge is 0.356 e. The van der Waals surface area contributed by atoms with Gasteiger partial charge in [0.2, 0.25) is 11.8 Å². The van der Waals surface area contributed by atoms with Crippen LogP contribution in [0.4, 0.5) is 0 Å². The third-order valence-corrected chi connectivity index (χ3v) is 7.22. The van der Waals surface area contributed by atoms with E-state index in [1.807, 2.05) is 47.4 Å². The van der Waals surface area contributed by atoms with Crippen molar-refractivity contribution in [2.75, 3.05) is 13.1 Å². The maximum absolute atomic E-state index is 13.5. The predicted molar refractivity (Wildman–Crippen MR) is 150 cm³/mol. The van der Waals surface area contributed by atoms with Crippen molar-refractivity contribution in [3.05, 3.63) is 95.6 Å². The molecule has 3 N–H and O–H groups in total. The van der Waals surface area contributed by atoms with Crippen LogP contribution in [0.1, 0.15) is 55.2 Å². The molecule has 4 rings (SSSR count). The lowest BCUT2D eigenvalue weighted by atomic mass is 9.91. The Morgan fingerprint density at radius 2 is 1.43 bits per heavy atom. The average molecular weight is 498 g/mol. The summed E-state index contributed by atoms with van der Waals surface area (Å²) in [6.07, 6.45) is 6.82. The van der Waals surface area contributed by atoms with Crippen LogP contribution in [0.15, 0.2) is 78.9 Å². The molecule has 0 bridgehead atoms. The molecule has 194 valence electrons. The number of carbonyl (C=O) groups excluding carboxylic acids is 2. The van der Waals surface area contributed by atoms with Crippen LogP contribution in [0.2, 0.25) is 0 Å². The number of amides is 2. The van der Waals surface area contributed by atoms with Crippen molar-refractivity contribution in [1.82, 2.24) is 10.2 Å². The van der Waals surface area contributed by atoms with E-state index >= 15 is 0 Å². The van der Waals surface area contributed by atoms with Gasteiger partial charge < -0.3 is 16.0 Å². The van der Waals surface area contributed by atoms with E-state index in [2.05, 4.69) is 41.7 Å². The molecule has 0 aromatic heterocycles. The summed E-state index contributed by atoms with van der Waals surface area (Å²) < 4.78 is 0. The lowest BCUT2D eigenvalue weighted by molar-refractivity contribution is -0.135. The van der Waals surface area contributed by atoms with E-state index in [0.29, 0.717) is 32.4 Å². The second-order valence-electron chi connectivity index (χ2n) is 10.00. The minimum Gasteiger partial charge on any atom is -0.356 e. The Balaban J connectivity index is 1.36. The molecule has 5 heteroatoms. The molecule has 0 radical (unpaired) electrons. The fourth-order valence-electron chi connectivity index (χ4n) is 5.10. The number of nitrogens with two attached hydrogens (primary N) is 1. The third kappa shape index (κ3) is 7.77. The van der Waals surface area contributed by atoms with Crippen LogP contribution in [-0.2, 0) is 29.0 Å². The van der Waals surface area contributed by atoms with Crippen LogP contribution in [0, 0.1) is 0 Å². The van der Waals surface area contributed by atoms with Crippen molar-refractivity contribution in [2.45, 2.75) is 64.0 Å². The molecule has 0 aliphatic carbocycles. The Hall–Kier alpha value is -3.44. The molecule has 1 unspecified atom stereocenters. The average Bonchev–Trinajstić information content (AvgIpc) is 2.93. The zero-order valence-corrected chi connectivity index (χ0v) is 21.7. The molecular formula is C32H39N3O2. The van der Waals surface area contributed by atoms with Gasteiger partial charge in [-0.25, -0.2) is 0 Å². The fraction of sp³-hybridized carbons (Fsp3) is 0.375. The number of fused-ring (bicyclic) bond motifs is 1. The lowest BCUT2D eigenvalue weighted by Gasteiger charge is -2.37. The summed E-state index contributed by atoms with van der Waals surface area (Å²) in [5.41, 5.74) is 11.2. The molecule has 1 heterocycles. The highest BCUT2D eigenvalue weighted by molar-refractivity contribution is 5.82. The highest BCUT2D eigenvalue weighted by Crippen LogP contribution is 2.26. The zero-order chi connectivity index (χ0) is 25.9. The molecule has 0 fully saturated rings. The van der Waals surface area contributed by atoms with Crippen molar-refractivity contribution in [3.8, 4) is 11.1 Å². The smallest absolute Gasteiger partial charge is 0.227 e. The highest BCUT2D eigenvalue weighted by atomic mass is 16.2. The molecule has 37 heavy (non-hydrogen) atoms. The maximum atomic E-state index is 13.5. The first-order valence-electron chi connectivity index (χ1n) is 13.6. The maximum Gasteiger partial charge on any atom is 0.227 e. The standard InChI is InChI=1S/C32H39N3O2/c33-19-9-2-1-3-10-20-34-31(36)23-30-22-28-13-7-8-14-29(28)24-35(30)32(37)21-25-15-17-27(18-16-25)26-11-5-4-6-12-26/h4-8,11-18,30H,1-3,9-10,19-24,33H2,(H,34,36). The van der Waals surface area contributed by atoms with Gasteiger partial charge in [0.25, 0.3) is 0 Å². The van der Waals surface area contributed by atoms with E-state index in [0.717, 1.165) is 55.3 Å². The number of hydrogen-bond acceptors (Lipinski definition) is 3. The van der Waals surface area contributed by atoms with Gasteiger partial charge in [0.05, 0.1) is 6.42 Å². The molecular weight excluding hydrogens is 458 g/mol. The summed E-state index contributed by atoms with van der Waals surface area (Å²) in [6, 6.07) is 26.6. The SMILES string of the molecule is NCCCCCCCNC(=O)CC1Cc2ccccc2CN1C(=O)Cc1ccc(-c2ccccc2)cc1. The van der Waals surface area contributed by atoms with E-state index in [9.17, 15) is 9.59 Å². The van der Waals surface area contributed by atoms with Crippen LogP contribution in [0.25, 0.3) is 11.1 Å². The minimum atomic E-state index is -0.129. The van der Waals surface area contributed by atoms with Crippen molar-refractivity contribution < 1.29 is 9.59 Å². The van der Waals surface area contributed by atoms with Gasteiger partial charge in [0, 0.05) is 25.6 Å². The Labute approximate surface area is 221 Å². The first-order chi connectivity index (χ1) is 18.1. The summed E-state index contributed by atoms with van der Waals surface area (Å²) in [5.74, 6) is 0.0935. The minimum absolute atomic E-state index is 0.0244. The van der Waals surface area contributed by atoms with Gasteiger partial charge in [0.15, 0.2) is 0 Å². The second kappa shape index (κ2) is 13.8. The molecule has 1 aliphatic rings. The van der Waals surface area contributed by atoms with Crippen LogP contribution in [0.3, 0.4) is 0 Å². The van der Waals surface area contributed by atoms with Gasteiger partial charge in [-0.1, -0.05) is 98.1 Å². The van der Waals surface area contributed by atoms with Crippen molar-refractivity contribution in [2.24, 2.45) is 5.73 Å². The summed E-state index contributed by atoms with van der Waals surface area (Å²) in [4.78, 5) is 28.2. The summed E-state index contributed by atoms with van der Waals surface area (Å²) >= 11 is 0. The second-order valence-corrected chi connectivity index (χ2v) is 10.00. The third-order valence-electron chi connectivity index (χ3n) is 7.22. The number of hydrogen-bond donors (Lipinski definition) is 2. The van der Waals surface area contributed by atoms with Crippen LogP contribution in [0.5, 0.6) is 0 Å². The van der Waals surface area contributed by atoms with E-state index in [-0.39, 0.29) is 17.9 Å². The molecule has 2 amide bonds. The van der Waals surface area contributed by atoms with Gasteiger partial charge in [-0.3, -0.25) is 9.59 Å². The Bertz CT molecular complexity index is 1140. The Morgan fingerprint density at radius 1 is 0.784 bits per heavy atom. The molecule has 1 atom stereocenters. The summed E-state index contributed by atoms with van der Waals surface area (Å²) in [6.45, 7) is 1.98. The Morgan fingerprint density at radius 3 is 2.19 bits per heavy atom. The molecule has 5 nitrogen and oxygen atoms in total. The van der Waals surface area contributed by atoms with Gasteiger partial charge in [-0.2, -0.15) is 0 Å². The van der Waals surface area contributed by atoms with Gasteiger partial charge in [-0.05, 0) is 53.6 Å². The molecule has 3 aromatic carbocycles. The fourth-order valence-corrected chi connectivity index (χ4v) is 5.10. The van der Waals surface area contributed by atoms with Crippen LogP contribution in [-0.4, -0.2) is 35.8 Å². The van der Waals surface area contributed by atoms with Gasteiger partial charge in [-0.15, -0.1) is 0 Å². The number of nitrogens with zero attached hydrogens (tertiary/aromatic N) is 1. The van der Waals surface area contributed by atoms with Gasteiger partial charge >= 0.3 is 0 Å². The first kappa shape index (κ1) is 26.6. The van der Waals surface area contributed by atoms with Crippen molar-refractivity contribution in [1.29, 1.82) is 0 Å². The van der Waals surface area contributed by atoms with Crippen molar-refractivity contribution in [3.63, 3.8) is 0 Å². The normalized spacial score (nSPS) is 14.7. The molecule has 1 aliphatic heterocycles. The molecule has 0 spiro atoms. The number of nitrogens with one attached hydrogen (secondary N) is 1. The topological polar surface area (TPSA) is 75.4 Å². The molecule has 0 saturated carbocycles. The van der Waals surface area contributed by atoms with E-state index in [1.54, 1.807) is 0 Å². The summed E-state index contributed by atoms with van der Waals surface area (Å²) in [5, 5.41) is 3.07. The van der Waals surface area contributed by atoms with E-state index < -0.39 is 0 Å². The predicted octanol–water partition coefficient (Wildman–Crippen LogP) is 5.27. The zero-order valence-electron chi connectivity index (χ0n) is 21.7. The van der Waals surface area contributed by atoms with Crippen molar-refractivity contribution >= 4 is 11.8 Å². The van der Waals surface area contributed by atoms with Gasteiger partial charge in [0.1, 0.15) is 0 Å². The lowest BCUT2D eigenvalue weighted by Crippen LogP contribution is -2.47. The van der Waals surface area contributed by atoms with E-state index in [1.165, 1.54) is 11.1 Å². The number of unbranched alkanes of at least 4 members (excludes halogenated alkanes) is 4. The number of benzene rings is 3. The quantitative estimate of drug-likeness (QED) is 0.335. The summed E-state index contributed by atoms with van der Waals surface area (Å²) in [7, 11) is 0. The Kier molecular flexibility index (Phi) is 9.89. The van der Waals surface area contributed by atoms with Crippen LogP contribution >= 0.6 is 0 Å². The number of rotatable bonds is 12. The monoisotopic (exact) mass is 497 g/mol.